The summed E-state index contributed by atoms with van der Waals surface area (Å²) in [5, 5.41) is 0. The summed E-state index contributed by atoms with van der Waals surface area (Å²) in [4.78, 5) is 32.6. The molecule has 1 unspecified atom stereocenters. The number of aromatic nitrogens is 1. The molecule has 1 aliphatic rings. The second kappa shape index (κ2) is 10.4. The molecular weight excluding hydrogens is 538 g/mol. The van der Waals surface area contributed by atoms with Gasteiger partial charge in [0.1, 0.15) is 11.6 Å². The normalized spacial score (nSPS) is 15.8. The van der Waals surface area contributed by atoms with Crippen LogP contribution >= 0.6 is 0 Å². The van der Waals surface area contributed by atoms with Crippen LogP contribution in [0.3, 0.4) is 0 Å². The molecule has 2 heterocycles. The molecule has 1 saturated heterocycles. The van der Waals surface area contributed by atoms with Gasteiger partial charge in [0, 0.05) is 12.1 Å². The Bertz CT molecular complexity index is 1830. The van der Waals surface area contributed by atoms with Crippen LogP contribution < -0.4 is 4.90 Å². The fraction of sp³-hybridized carbons (Fsp3) is 0.156. The maximum Gasteiger partial charge on any atom is 0.252 e. The maximum atomic E-state index is 13.9. The molecule has 0 N–H and O–H groups in total. The zero-order valence-electron chi connectivity index (χ0n) is 22.5. The van der Waals surface area contributed by atoms with Gasteiger partial charge in [0.2, 0.25) is 21.8 Å². The highest BCUT2D eigenvalue weighted by atomic mass is 32.2. The number of anilines is 1. The number of amides is 2. The van der Waals surface area contributed by atoms with Gasteiger partial charge in [-0.25, -0.2) is 18.3 Å². The van der Waals surface area contributed by atoms with Gasteiger partial charge in [0.25, 0.3) is 5.91 Å². The van der Waals surface area contributed by atoms with Gasteiger partial charge in [0.05, 0.1) is 17.0 Å². The molecule has 9 heteroatoms. The maximum absolute atomic E-state index is 13.9. The number of hydrogen-bond donors (Lipinski definition) is 0. The fourth-order valence-corrected chi connectivity index (χ4v) is 6.51. The van der Waals surface area contributed by atoms with Crippen molar-refractivity contribution in [3.63, 3.8) is 0 Å². The second-order valence-corrected chi connectivity index (χ2v) is 12.1. The van der Waals surface area contributed by atoms with E-state index in [1.165, 1.54) is 12.1 Å². The Morgan fingerprint density at radius 1 is 0.854 bits per heavy atom. The van der Waals surface area contributed by atoms with E-state index in [1.807, 2.05) is 62.4 Å². The predicted octanol–water partition coefficient (Wildman–Crippen LogP) is 5.63. The van der Waals surface area contributed by atoms with Crippen molar-refractivity contribution in [1.82, 2.24) is 9.29 Å². The molecule has 8 nitrogen and oxygen atoms in total. The Hall–Kier alpha value is -4.60. The van der Waals surface area contributed by atoms with E-state index in [0.29, 0.717) is 28.3 Å². The second-order valence-electron chi connectivity index (χ2n) is 10.2. The number of oxazole rings is 1. The van der Waals surface area contributed by atoms with Crippen LogP contribution in [0.4, 0.5) is 5.69 Å². The van der Waals surface area contributed by atoms with Crippen molar-refractivity contribution in [1.29, 1.82) is 0 Å². The van der Waals surface area contributed by atoms with Crippen molar-refractivity contribution < 1.29 is 22.4 Å². The summed E-state index contributed by atoms with van der Waals surface area (Å²) in [6, 6.07) is 26.9. The van der Waals surface area contributed by atoms with Crippen LogP contribution in [0.5, 0.6) is 0 Å². The SMILES string of the molecule is Cc1ccc(CN(C2CC(=O)N(c3ccc(-c4nc5ccccc5o4)cc3)C2=O)S(=O)(=O)c2ccc(C)cc2)cc1. The molecule has 5 aromatic rings. The zero-order valence-corrected chi connectivity index (χ0v) is 23.3. The van der Waals surface area contributed by atoms with E-state index >= 15 is 0 Å². The average Bonchev–Trinajstić information content (AvgIpc) is 3.53. The molecule has 1 fully saturated rings. The standard InChI is InChI=1S/C32H27N3O5S/c1-21-7-11-23(12-8-21)20-34(41(38,39)26-17-9-22(2)10-18-26)28-19-30(36)35(32(28)37)25-15-13-24(14-16-25)31-33-27-5-3-4-6-29(27)40-31/h3-18,28H,19-20H2,1-2H3. The third kappa shape index (κ3) is 5.05. The van der Waals surface area contributed by atoms with Crippen LogP contribution in [-0.2, 0) is 26.2 Å². The molecule has 1 aromatic heterocycles. The first-order chi connectivity index (χ1) is 19.7. The molecule has 0 bridgehead atoms. The van der Waals surface area contributed by atoms with Gasteiger partial charge in [-0.15, -0.1) is 0 Å². The number of para-hydroxylation sites is 2. The molecule has 0 spiro atoms. The van der Waals surface area contributed by atoms with Crippen molar-refractivity contribution in [3.05, 3.63) is 114 Å². The molecular formula is C32H27N3O5S. The van der Waals surface area contributed by atoms with Crippen molar-refractivity contribution in [2.45, 2.75) is 37.8 Å². The lowest BCUT2D eigenvalue weighted by molar-refractivity contribution is -0.122. The summed E-state index contributed by atoms with van der Waals surface area (Å²) in [6.07, 6.45) is -0.261. The quantitative estimate of drug-likeness (QED) is 0.237. The van der Waals surface area contributed by atoms with E-state index in [9.17, 15) is 18.0 Å². The number of carbonyl (C=O) groups excluding carboxylic acids is 2. The van der Waals surface area contributed by atoms with Gasteiger partial charge >= 0.3 is 0 Å². The minimum Gasteiger partial charge on any atom is -0.436 e. The van der Waals surface area contributed by atoms with Crippen molar-refractivity contribution in [2.24, 2.45) is 0 Å². The van der Waals surface area contributed by atoms with Crippen molar-refractivity contribution in [2.75, 3.05) is 4.90 Å². The molecule has 206 valence electrons. The summed E-state index contributed by atoms with van der Waals surface area (Å²) in [5.41, 5.74) is 5.07. The van der Waals surface area contributed by atoms with E-state index < -0.39 is 27.9 Å². The van der Waals surface area contributed by atoms with Crippen molar-refractivity contribution >= 4 is 38.6 Å². The lowest BCUT2D eigenvalue weighted by atomic mass is 10.1. The first kappa shape index (κ1) is 26.6. The van der Waals surface area contributed by atoms with Crippen LogP contribution in [0.15, 0.2) is 106 Å². The van der Waals surface area contributed by atoms with Crippen LogP contribution in [-0.4, -0.2) is 35.6 Å². The molecule has 2 amide bonds. The highest BCUT2D eigenvalue weighted by Gasteiger charge is 2.47. The van der Waals surface area contributed by atoms with Crippen LogP contribution in [0.1, 0.15) is 23.1 Å². The molecule has 0 radical (unpaired) electrons. The van der Waals surface area contributed by atoms with Crippen LogP contribution in [0.25, 0.3) is 22.6 Å². The summed E-state index contributed by atoms with van der Waals surface area (Å²) in [5.74, 6) is -0.641. The summed E-state index contributed by atoms with van der Waals surface area (Å²) in [6.45, 7) is 3.76. The highest BCUT2D eigenvalue weighted by Crippen LogP contribution is 2.32. The molecule has 41 heavy (non-hydrogen) atoms. The minimum atomic E-state index is -4.11. The van der Waals surface area contributed by atoms with Crippen LogP contribution in [0.2, 0.25) is 0 Å². The van der Waals surface area contributed by atoms with Gasteiger partial charge in [-0.05, 0) is 67.9 Å². The molecule has 1 atom stereocenters. The lowest BCUT2D eigenvalue weighted by Crippen LogP contribution is -2.45. The number of sulfonamides is 1. The number of fused-ring (bicyclic) bond motifs is 1. The molecule has 1 aliphatic heterocycles. The topological polar surface area (TPSA) is 101 Å². The third-order valence-electron chi connectivity index (χ3n) is 7.22. The van der Waals surface area contributed by atoms with E-state index in [-0.39, 0.29) is 17.9 Å². The molecule has 0 saturated carbocycles. The van der Waals surface area contributed by atoms with Crippen LogP contribution in [0, 0.1) is 13.8 Å². The Morgan fingerprint density at radius 2 is 1.49 bits per heavy atom. The zero-order chi connectivity index (χ0) is 28.7. The first-order valence-corrected chi connectivity index (χ1v) is 14.6. The predicted molar refractivity (Wildman–Crippen MR) is 155 cm³/mol. The minimum absolute atomic E-state index is 0.0509. The largest absolute Gasteiger partial charge is 0.436 e. The van der Waals surface area contributed by atoms with Gasteiger partial charge in [-0.2, -0.15) is 4.31 Å². The lowest BCUT2D eigenvalue weighted by Gasteiger charge is -2.27. The molecule has 6 rings (SSSR count). The van der Waals surface area contributed by atoms with Gasteiger partial charge in [-0.1, -0.05) is 59.7 Å². The smallest absolute Gasteiger partial charge is 0.252 e. The highest BCUT2D eigenvalue weighted by molar-refractivity contribution is 7.89. The van der Waals surface area contributed by atoms with E-state index in [2.05, 4.69) is 4.98 Å². The fourth-order valence-electron chi connectivity index (χ4n) is 4.94. The Kier molecular flexibility index (Phi) is 6.76. The number of nitrogens with zero attached hydrogens (tertiary/aromatic N) is 3. The molecule has 0 aliphatic carbocycles. The third-order valence-corrected chi connectivity index (χ3v) is 9.09. The summed E-state index contributed by atoms with van der Waals surface area (Å²) in [7, 11) is -4.11. The monoisotopic (exact) mass is 565 g/mol. The van der Waals surface area contributed by atoms with Crippen molar-refractivity contribution in [3.8, 4) is 11.5 Å². The first-order valence-electron chi connectivity index (χ1n) is 13.2. The van der Waals surface area contributed by atoms with E-state index in [4.69, 9.17) is 4.42 Å². The number of carbonyl (C=O) groups is 2. The van der Waals surface area contributed by atoms with Gasteiger partial charge < -0.3 is 4.42 Å². The Labute approximate surface area is 237 Å². The number of benzene rings is 4. The van der Waals surface area contributed by atoms with E-state index in [1.54, 1.807) is 36.4 Å². The Morgan fingerprint density at radius 3 is 2.15 bits per heavy atom. The average molecular weight is 566 g/mol. The number of hydrogen-bond acceptors (Lipinski definition) is 6. The number of aryl methyl sites for hydroxylation is 2. The van der Waals surface area contributed by atoms with E-state index in [0.717, 1.165) is 25.8 Å². The summed E-state index contributed by atoms with van der Waals surface area (Å²) < 4.78 is 34.8. The Balaban J connectivity index is 1.32. The van der Waals surface area contributed by atoms with Gasteiger partial charge in [-0.3, -0.25) is 9.59 Å². The number of imide groups is 1. The van der Waals surface area contributed by atoms with Gasteiger partial charge in [0.15, 0.2) is 5.58 Å². The summed E-state index contributed by atoms with van der Waals surface area (Å²) >= 11 is 0. The number of rotatable bonds is 7. The molecule has 4 aromatic carbocycles.